The summed E-state index contributed by atoms with van der Waals surface area (Å²) in [6, 6.07) is 0.405. The van der Waals surface area contributed by atoms with Gasteiger partial charge in [0, 0.05) is 25.2 Å². The van der Waals surface area contributed by atoms with E-state index in [1.807, 2.05) is 17.8 Å². The zero-order valence-corrected chi connectivity index (χ0v) is 10.4. The van der Waals surface area contributed by atoms with E-state index in [4.69, 9.17) is 0 Å². The molecule has 1 N–H and O–H groups in total. The van der Waals surface area contributed by atoms with Crippen molar-refractivity contribution in [1.82, 2.24) is 15.1 Å². The number of carbonyl (C=O) groups excluding carboxylic acids is 1. The fourth-order valence-electron chi connectivity index (χ4n) is 1.39. The summed E-state index contributed by atoms with van der Waals surface area (Å²) in [7, 11) is 0. The zero-order chi connectivity index (χ0) is 12.0. The van der Waals surface area contributed by atoms with Crippen LogP contribution in [0.25, 0.3) is 0 Å². The number of hydrogen-bond acceptors (Lipinski definition) is 3. The van der Waals surface area contributed by atoms with E-state index in [-0.39, 0.29) is 5.78 Å². The Morgan fingerprint density at radius 1 is 1.56 bits per heavy atom. The lowest BCUT2D eigenvalue weighted by Crippen LogP contribution is -2.31. The minimum absolute atomic E-state index is 0.218. The van der Waals surface area contributed by atoms with Gasteiger partial charge in [-0.25, -0.2) is 0 Å². The highest BCUT2D eigenvalue weighted by Crippen LogP contribution is 1.99. The van der Waals surface area contributed by atoms with Crippen LogP contribution in [0.2, 0.25) is 0 Å². The van der Waals surface area contributed by atoms with E-state index in [1.54, 1.807) is 6.20 Å². The molecule has 0 spiro atoms. The minimum atomic E-state index is 0.218. The number of nitrogens with one attached hydrogen (secondary N) is 1. The summed E-state index contributed by atoms with van der Waals surface area (Å²) in [5, 5.41) is 7.34. The van der Waals surface area contributed by atoms with E-state index in [9.17, 15) is 4.79 Å². The molecular weight excluding hydrogens is 202 g/mol. The summed E-state index contributed by atoms with van der Waals surface area (Å²) < 4.78 is 1.84. The maximum absolute atomic E-state index is 11.6. The quantitative estimate of drug-likeness (QED) is 0.760. The predicted molar refractivity (Wildman–Crippen MR) is 64.4 cm³/mol. The first-order valence-corrected chi connectivity index (χ1v) is 5.92. The number of carbonyl (C=O) groups is 1. The van der Waals surface area contributed by atoms with Crippen molar-refractivity contribution >= 4 is 5.78 Å². The van der Waals surface area contributed by atoms with Crippen molar-refractivity contribution in [2.75, 3.05) is 6.54 Å². The molecule has 0 saturated heterocycles. The Hall–Kier alpha value is -1.16. The lowest BCUT2D eigenvalue weighted by atomic mass is 10.1. The number of aryl methyl sites for hydroxylation is 1. The fourth-order valence-corrected chi connectivity index (χ4v) is 1.39. The van der Waals surface area contributed by atoms with Crippen molar-refractivity contribution in [1.29, 1.82) is 0 Å². The number of rotatable bonds is 7. The van der Waals surface area contributed by atoms with Crippen LogP contribution < -0.4 is 5.32 Å². The first-order valence-electron chi connectivity index (χ1n) is 5.92. The molecule has 0 bridgehead atoms. The maximum atomic E-state index is 11.6. The normalized spacial score (nSPS) is 12.7. The Morgan fingerprint density at radius 2 is 2.31 bits per heavy atom. The van der Waals surface area contributed by atoms with E-state index in [1.165, 1.54) is 0 Å². The summed E-state index contributed by atoms with van der Waals surface area (Å²) in [6.45, 7) is 7.52. The van der Waals surface area contributed by atoms with Gasteiger partial charge in [0.05, 0.1) is 12.7 Å². The highest BCUT2D eigenvalue weighted by atomic mass is 16.1. The van der Waals surface area contributed by atoms with Crippen molar-refractivity contribution in [2.24, 2.45) is 0 Å². The lowest BCUT2D eigenvalue weighted by Gasteiger charge is -2.09. The molecule has 0 aliphatic carbocycles. The molecule has 0 amide bonds. The molecule has 0 aliphatic heterocycles. The van der Waals surface area contributed by atoms with E-state index in [2.05, 4.69) is 24.3 Å². The average molecular weight is 223 g/mol. The standard InChI is InChI=1S/C12H21N3O/c1-4-10(3)13-8-12(16)6-11-7-14-15(5-2)9-11/h7,9-10,13H,4-6,8H2,1-3H3. The summed E-state index contributed by atoms with van der Waals surface area (Å²) in [5.41, 5.74) is 0.998. The van der Waals surface area contributed by atoms with Gasteiger partial charge in [0.1, 0.15) is 0 Å². The van der Waals surface area contributed by atoms with E-state index in [0.29, 0.717) is 19.0 Å². The van der Waals surface area contributed by atoms with E-state index >= 15 is 0 Å². The van der Waals surface area contributed by atoms with Gasteiger partial charge >= 0.3 is 0 Å². The van der Waals surface area contributed by atoms with Crippen molar-refractivity contribution in [2.45, 2.75) is 46.2 Å². The van der Waals surface area contributed by atoms with Crippen LogP contribution in [0, 0.1) is 0 Å². The van der Waals surface area contributed by atoms with Crippen LogP contribution in [-0.2, 0) is 17.8 Å². The Kier molecular flexibility index (Phi) is 5.19. The number of Topliss-reactive ketones (excluding diaryl/α,β-unsaturated/α-hetero) is 1. The Balaban J connectivity index is 2.33. The Labute approximate surface area is 97.0 Å². The second-order valence-corrected chi connectivity index (χ2v) is 4.11. The topological polar surface area (TPSA) is 46.9 Å². The summed E-state index contributed by atoms with van der Waals surface area (Å²) >= 11 is 0. The van der Waals surface area contributed by atoms with Crippen LogP contribution in [0.4, 0.5) is 0 Å². The summed E-state index contributed by atoms with van der Waals surface area (Å²) in [5.74, 6) is 0.218. The van der Waals surface area contributed by atoms with Crippen LogP contribution in [0.5, 0.6) is 0 Å². The van der Waals surface area contributed by atoms with Gasteiger partial charge in [-0.2, -0.15) is 5.10 Å². The SMILES string of the molecule is CCC(C)NCC(=O)Cc1cnn(CC)c1. The first-order chi connectivity index (χ1) is 7.65. The summed E-state index contributed by atoms with van der Waals surface area (Å²) in [4.78, 5) is 11.6. The van der Waals surface area contributed by atoms with Crippen LogP contribution in [0.3, 0.4) is 0 Å². The Bertz CT molecular complexity index is 333. The number of aromatic nitrogens is 2. The fraction of sp³-hybridized carbons (Fsp3) is 0.667. The smallest absolute Gasteiger partial charge is 0.151 e. The molecule has 1 rings (SSSR count). The third-order valence-corrected chi connectivity index (χ3v) is 2.67. The van der Waals surface area contributed by atoms with Gasteiger partial charge in [0.15, 0.2) is 5.78 Å². The molecule has 0 aromatic carbocycles. The highest BCUT2D eigenvalue weighted by molar-refractivity contribution is 5.82. The lowest BCUT2D eigenvalue weighted by molar-refractivity contribution is -0.117. The van der Waals surface area contributed by atoms with Crippen molar-refractivity contribution in [3.63, 3.8) is 0 Å². The largest absolute Gasteiger partial charge is 0.307 e. The molecular formula is C12H21N3O. The molecule has 1 unspecified atom stereocenters. The van der Waals surface area contributed by atoms with Gasteiger partial charge in [-0.3, -0.25) is 9.48 Å². The molecule has 1 aromatic rings. The third kappa shape index (κ3) is 4.14. The molecule has 4 nitrogen and oxygen atoms in total. The zero-order valence-electron chi connectivity index (χ0n) is 10.4. The minimum Gasteiger partial charge on any atom is -0.307 e. The van der Waals surface area contributed by atoms with Gasteiger partial charge in [-0.1, -0.05) is 6.92 Å². The number of hydrogen-bond donors (Lipinski definition) is 1. The van der Waals surface area contributed by atoms with E-state index in [0.717, 1.165) is 18.5 Å². The molecule has 0 aliphatic rings. The van der Waals surface area contributed by atoms with Crippen molar-refractivity contribution in [3.05, 3.63) is 18.0 Å². The summed E-state index contributed by atoms with van der Waals surface area (Å²) in [6.07, 6.45) is 5.22. The molecule has 0 fully saturated rings. The van der Waals surface area contributed by atoms with Crippen molar-refractivity contribution in [3.8, 4) is 0 Å². The second kappa shape index (κ2) is 6.43. The van der Waals surface area contributed by atoms with E-state index < -0.39 is 0 Å². The molecule has 0 radical (unpaired) electrons. The third-order valence-electron chi connectivity index (χ3n) is 2.67. The van der Waals surface area contributed by atoms with Gasteiger partial charge in [-0.05, 0) is 25.8 Å². The van der Waals surface area contributed by atoms with Gasteiger partial charge in [-0.15, -0.1) is 0 Å². The van der Waals surface area contributed by atoms with Crippen LogP contribution in [-0.4, -0.2) is 28.2 Å². The molecule has 1 heterocycles. The van der Waals surface area contributed by atoms with Crippen LogP contribution >= 0.6 is 0 Å². The highest BCUT2D eigenvalue weighted by Gasteiger charge is 2.07. The van der Waals surface area contributed by atoms with Crippen LogP contribution in [0.1, 0.15) is 32.8 Å². The molecule has 16 heavy (non-hydrogen) atoms. The molecule has 0 saturated carbocycles. The molecule has 1 atom stereocenters. The van der Waals surface area contributed by atoms with Crippen molar-refractivity contribution < 1.29 is 4.79 Å². The molecule has 4 heteroatoms. The van der Waals surface area contributed by atoms with Gasteiger partial charge < -0.3 is 5.32 Å². The molecule has 1 aromatic heterocycles. The number of ketones is 1. The average Bonchev–Trinajstić information content (AvgIpc) is 2.73. The molecule has 90 valence electrons. The van der Waals surface area contributed by atoms with Gasteiger partial charge in [0.2, 0.25) is 0 Å². The number of nitrogens with zero attached hydrogens (tertiary/aromatic N) is 2. The Morgan fingerprint density at radius 3 is 2.88 bits per heavy atom. The maximum Gasteiger partial charge on any atom is 0.151 e. The predicted octanol–water partition coefficient (Wildman–Crippen LogP) is 1.40. The second-order valence-electron chi connectivity index (χ2n) is 4.11. The monoisotopic (exact) mass is 223 g/mol. The van der Waals surface area contributed by atoms with Crippen LogP contribution in [0.15, 0.2) is 12.4 Å². The van der Waals surface area contributed by atoms with Gasteiger partial charge in [0.25, 0.3) is 0 Å². The first kappa shape index (κ1) is 12.9.